The van der Waals surface area contributed by atoms with Crippen molar-refractivity contribution in [2.24, 2.45) is 5.92 Å². The number of aromatic nitrogens is 1. The summed E-state index contributed by atoms with van der Waals surface area (Å²) >= 11 is 0. The highest BCUT2D eigenvalue weighted by molar-refractivity contribution is 6.15. The average Bonchev–Trinajstić information content (AvgIpc) is 3.26. The number of hydrogen-bond donors (Lipinski definition) is 3. The Bertz CT molecular complexity index is 1250. The monoisotopic (exact) mass is 446 g/mol. The van der Waals surface area contributed by atoms with Crippen molar-refractivity contribution < 1.29 is 19.4 Å². The van der Waals surface area contributed by atoms with Gasteiger partial charge in [-0.15, -0.1) is 0 Å². The zero-order valence-electron chi connectivity index (χ0n) is 19.0. The van der Waals surface area contributed by atoms with Crippen molar-refractivity contribution in [1.29, 1.82) is 0 Å². The Morgan fingerprint density at radius 3 is 2.48 bits per heavy atom. The number of carboxylic acid groups (broad SMARTS) is 1. The van der Waals surface area contributed by atoms with Gasteiger partial charge in [0.05, 0.1) is 6.04 Å². The van der Waals surface area contributed by atoms with E-state index < -0.39 is 12.0 Å². The summed E-state index contributed by atoms with van der Waals surface area (Å²) in [7, 11) is 0. The molecule has 0 aliphatic carbocycles. The molecule has 1 unspecified atom stereocenters. The molecule has 33 heavy (non-hydrogen) atoms. The standard InChI is InChI=1S/C27H30N2O4/c1-17(2)8-4-3-7-13-29-24(18-11-14-28-15-12-18)23-22-21(27(31)32)16-33-26(22)20-10-6-5-9-19(20)25(23)30/h5-6,9-12,14-17,24,29-30H,3-4,7-8,13H2,1-2H3,(H,31,32). The molecule has 2 aromatic carbocycles. The van der Waals surface area contributed by atoms with Crippen molar-refractivity contribution in [2.75, 3.05) is 6.54 Å². The molecule has 3 N–H and O–H groups in total. The van der Waals surface area contributed by atoms with Crippen LogP contribution in [-0.4, -0.2) is 27.7 Å². The predicted octanol–water partition coefficient (Wildman–Crippen LogP) is 6.28. The molecule has 6 nitrogen and oxygen atoms in total. The van der Waals surface area contributed by atoms with E-state index >= 15 is 0 Å². The number of benzene rings is 2. The Kier molecular flexibility index (Phi) is 6.94. The molecule has 0 aliphatic heterocycles. The molecule has 172 valence electrons. The highest BCUT2D eigenvalue weighted by Crippen LogP contribution is 2.44. The molecule has 4 rings (SSSR count). The van der Waals surface area contributed by atoms with Crippen LogP contribution in [-0.2, 0) is 0 Å². The highest BCUT2D eigenvalue weighted by atomic mass is 16.4. The number of phenols is 1. The van der Waals surface area contributed by atoms with Gasteiger partial charge in [0.25, 0.3) is 0 Å². The van der Waals surface area contributed by atoms with Gasteiger partial charge < -0.3 is 19.9 Å². The maximum atomic E-state index is 12.0. The van der Waals surface area contributed by atoms with Crippen molar-refractivity contribution >= 4 is 27.7 Å². The Morgan fingerprint density at radius 2 is 1.79 bits per heavy atom. The van der Waals surface area contributed by atoms with Gasteiger partial charge in [0.2, 0.25) is 0 Å². The molecule has 6 heteroatoms. The third-order valence-corrected chi connectivity index (χ3v) is 6.11. The number of pyridine rings is 1. The van der Waals surface area contributed by atoms with E-state index in [2.05, 4.69) is 24.1 Å². The lowest BCUT2D eigenvalue weighted by Crippen LogP contribution is -2.24. The van der Waals surface area contributed by atoms with E-state index in [0.29, 0.717) is 33.2 Å². The Morgan fingerprint density at radius 1 is 1.06 bits per heavy atom. The maximum absolute atomic E-state index is 12.0. The summed E-state index contributed by atoms with van der Waals surface area (Å²) in [4.78, 5) is 16.2. The minimum atomic E-state index is -1.09. The van der Waals surface area contributed by atoms with Gasteiger partial charge in [0, 0.05) is 34.1 Å². The Labute approximate surface area is 193 Å². The van der Waals surface area contributed by atoms with Gasteiger partial charge in [-0.25, -0.2) is 4.79 Å². The fourth-order valence-corrected chi connectivity index (χ4v) is 4.46. The first kappa shape index (κ1) is 22.8. The van der Waals surface area contributed by atoms with E-state index in [1.54, 1.807) is 12.4 Å². The molecule has 2 heterocycles. The Balaban J connectivity index is 1.81. The first-order valence-electron chi connectivity index (χ1n) is 11.5. The lowest BCUT2D eigenvalue weighted by Gasteiger charge is -2.23. The zero-order chi connectivity index (χ0) is 23.4. The average molecular weight is 447 g/mol. The normalized spacial score (nSPS) is 12.6. The van der Waals surface area contributed by atoms with E-state index in [1.165, 1.54) is 19.1 Å². The quantitative estimate of drug-likeness (QED) is 0.248. The van der Waals surface area contributed by atoms with Crippen molar-refractivity contribution in [3.05, 3.63) is 71.7 Å². The first-order valence-corrected chi connectivity index (χ1v) is 11.5. The van der Waals surface area contributed by atoms with Crippen LogP contribution in [0.15, 0.2) is 59.5 Å². The summed E-state index contributed by atoms with van der Waals surface area (Å²) in [5.74, 6) is -0.330. The van der Waals surface area contributed by atoms with E-state index in [1.807, 2.05) is 36.4 Å². The summed E-state index contributed by atoms with van der Waals surface area (Å²) in [6.07, 6.45) is 9.15. The van der Waals surface area contributed by atoms with Crippen LogP contribution >= 0.6 is 0 Å². The molecule has 0 bridgehead atoms. The Hall–Kier alpha value is -3.38. The molecule has 0 radical (unpaired) electrons. The summed E-state index contributed by atoms with van der Waals surface area (Å²) < 4.78 is 5.75. The minimum absolute atomic E-state index is 0.0406. The molecule has 0 aliphatic rings. The predicted molar refractivity (Wildman–Crippen MR) is 130 cm³/mol. The van der Waals surface area contributed by atoms with Crippen LogP contribution in [0, 0.1) is 5.92 Å². The fraction of sp³-hybridized carbons (Fsp3) is 0.333. The molecule has 2 aromatic heterocycles. The van der Waals surface area contributed by atoms with E-state index in [-0.39, 0.29) is 11.3 Å². The molecule has 0 saturated carbocycles. The maximum Gasteiger partial charge on any atom is 0.339 e. The van der Waals surface area contributed by atoms with Gasteiger partial charge >= 0.3 is 5.97 Å². The molecule has 4 aromatic rings. The molecule has 0 spiro atoms. The van der Waals surface area contributed by atoms with Crippen LogP contribution in [0.4, 0.5) is 0 Å². The molecule has 0 fully saturated rings. The number of nitrogens with one attached hydrogen (secondary N) is 1. The number of unbranched alkanes of at least 4 members (excludes halogenated alkanes) is 2. The van der Waals surface area contributed by atoms with E-state index in [4.69, 9.17) is 4.42 Å². The SMILES string of the molecule is CC(C)CCCCCNC(c1ccncc1)c1c(O)c2ccccc2c2occ(C(=O)O)c12. The van der Waals surface area contributed by atoms with Crippen LogP contribution in [0.5, 0.6) is 5.75 Å². The summed E-state index contributed by atoms with van der Waals surface area (Å²) in [5, 5.41) is 26.6. The molecule has 0 amide bonds. The first-order chi connectivity index (χ1) is 16.0. The lowest BCUT2D eigenvalue weighted by molar-refractivity contribution is 0.0698. The van der Waals surface area contributed by atoms with Crippen LogP contribution in [0.3, 0.4) is 0 Å². The number of hydrogen-bond acceptors (Lipinski definition) is 5. The second-order valence-electron chi connectivity index (χ2n) is 8.88. The number of carbonyl (C=O) groups is 1. The van der Waals surface area contributed by atoms with Gasteiger partial charge in [-0.3, -0.25) is 4.98 Å². The topological polar surface area (TPSA) is 95.6 Å². The summed E-state index contributed by atoms with van der Waals surface area (Å²) in [6, 6.07) is 10.7. The van der Waals surface area contributed by atoms with Gasteiger partial charge in [-0.1, -0.05) is 57.4 Å². The number of fused-ring (bicyclic) bond motifs is 3. The molecule has 1 atom stereocenters. The number of aromatic hydroxyl groups is 1. The van der Waals surface area contributed by atoms with Crippen molar-refractivity contribution in [3.63, 3.8) is 0 Å². The van der Waals surface area contributed by atoms with Gasteiger partial charge in [0.15, 0.2) is 0 Å². The highest BCUT2D eigenvalue weighted by Gasteiger charge is 2.28. The van der Waals surface area contributed by atoms with Crippen LogP contribution in [0.1, 0.15) is 67.1 Å². The number of phenolic OH excluding ortho intramolecular Hbond substituents is 1. The van der Waals surface area contributed by atoms with Crippen molar-refractivity contribution in [2.45, 2.75) is 45.6 Å². The molecule has 0 saturated heterocycles. The smallest absolute Gasteiger partial charge is 0.339 e. The number of nitrogens with zero attached hydrogens (tertiary/aromatic N) is 1. The number of aromatic carboxylic acids is 1. The third kappa shape index (κ3) is 4.71. The summed E-state index contributed by atoms with van der Waals surface area (Å²) in [5.41, 5.74) is 1.92. The van der Waals surface area contributed by atoms with E-state index in [0.717, 1.165) is 24.9 Å². The number of furan rings is 1. The van der Waals surface area contributed by atoms with E-state index in [9.17, 15) is 15.0 Å². The number of rotatable bonds is 10. The second kappa shape index (κ2) is 10.0. The van der Waals surface area contributed by atoms with Crippen LogP contribution in [0.25, 0.3) is 21.7 Å². The number of carboxylic acids is 1. The van der Waals surface area contributed by atoms with Crippen molar-refractivity contribution in [1.82, 2.24) is 10.3 Å². The largest absolute Gasteiger partial charge is 0.507 e. The van der Waals surface area contributed by atoms with Gasteiger partial charge in [-0.05, 0) is 36.6 Å². The summed E-state index contributed by atoms with van der Waals surface area (Å²) in [6.45, 7) is 5.20. The van der Waals surface area contributed by atoms with Crippen molar-refractivity contribution in [3.8, 4) is 5.75 Å². The second-order valence-corrected chi connectivity index (χ2v) is 8.88. The fourth-order valence-electron chi connectivity index (χ4n) is 4.46. The van der Waals surface area contributed by atoms with Crippen LogP contribution in [0.2, 0.25) is 0 Å². The molecular formula is C27H30N2O4. The van der Waals surface area contributed by atoms with Gasteiger partial charge in [-0.2, -0.15) is 0 Å². The minimum Gasteiger partial charge on any atom is -0.507 e. The molecular weight excluding hydrogens is 416 g/mol. The van der Waals surface area contributed by atoms with Crippen LogP contribution < -0.4 is 5.32 Å². The third-order valence-electron chi connectivity index (χ3n) is 6.11. The van der Waals surface area contributed by atoms with Gasteiger partial charge in [0.1, 0.15) is 23.2 Å². The lowest BCUT2D eigenvalue weighted by atomic mass is 9.90. The zero-order valence-corrected chi connectivity index (χ0v) is 19.0.